The van der Waals surface area contributed by atoms with Crippen LogP contribution < -0.4 is 10.2 Å². The predicted octanol–water partition coefficient (Wildman–Crippen LogP) is 0.825. The number of rotatable bonds is 7. The topological polar surface area (TPSA) is 91.5 Å². The Kier molecular flexibility index (Phi) is 6.74. The highest BCUT2D eigenvalue weighted by atomic mass is 35.5. The van der Waals surface area contributed by atoms with Crippen LogP contribution in [0.5, 0.6) is 0 Å². The van der Waals surface area contributed by atoms with Gasteiger partial charge in [0.25, 0.3) is 5.91 Å². The molecule has 0 bridgehead atoms. The van der Waals surface area contributed by atoms with E-state index < -0.39 is 24.1 Å². The third-order valence-electron chi connectivity index (χ3n) is 4.73. The third kappa shape index (κ3) is 4.94. The lowest BCUT2D eigenvalue weighted by Crippen LogP contribution is -2.49. The van der Waals surface area contributed by atoms with Gasteiger partial charge < -0.3 is 24.6 Å². The number of carbonyl (C=O) groups is 3. The predicted molar refractivity (Wildman–Crippen MR) is 103 cm³/mol. The van der Waals surface area contributed by atoms with Crippen LogP contribution >= 0.6 is 11.6 Å². The molecule has 2 saturated heterocycles. The van der Waals surface area contributed by atoms with E-state index in [1.54, 1.807) is 11.8 Å². The van der Waals surface area contributed by atoms with E-state index in [1.165, 1.54) is 0 Å². The zero-order valence-corrected chi connectivity index (χ0v) is 16.5. The Balaban J connectivity index is 1.36. The number of carbonyl (C=O) groups excluding carboxylic acids is 3. The second-order valence-corrected chi connectivity index (χ2v) is 7.00. The number of benzene rings is 1. The van der Waals surface area contributed by atoms with Gasteiger partial charge in [0.15, 0.2) is 12.2 Å². The van der Waals surface area contributed by atoms with E-state index in [0.717, 1.165) is 5.69 Å². The van der Waals surface area contributed by atoms with E-state index in [2.05, 4.69) is 10.2 Å². The van der Waals surface area contributed by atoms with Crippen LogP contribution in [-0.4, -0.2) is 74.2 Å². The molecule has 0 unspecified atom stereocenters. The number of anilines is 1. The van der Waals surface area contributed by atoms with E-state index in [9.17, 15) is 14.4 Å². The van der Waals surface area contributed by atoms with Gasteiger partial charge >= 0.3 is 5.97 Å². The Bertz CT molecular complexity index is 736. The Morgan fingerprint density at radius 2 is 1.89 bits per heavy atom. The van der Waals surface area contributed by atoms with E-state index >= 15 is 0 Å². The first-order valence-corrected chi connectivity index (χ1v) is 9.76. The first-order valence-electron chi connectivity index (χ1n) is 9.38. The van der Waals surface area contributed by atoms with E-state index in [1.807, 2.05) is 24.3 Å². The molecule has 1 N–H and O–H groups in total. The van der Waals surface area contributed by atoms with Crippen LogP contribution in [0, 0.1) is 0 Å². The smallest absolute Gasteiger partial charge is 0.338 e. The molecule has 0 spiro atoms. The standard InChI is InChI=1S/C19H24ClN3O5/c1-2-27-19(26)17-16(28-17)18(25)21-8-7-15(24)23-11-9-22(10-12-23)14-6-4-3-5-13(14)20/h3-6,16-17H,2,7-12H2,1H3,(H,21,25)/t16-,17-/m0/s1. The number of esters is 1. The lowest BCUT2D eigenvalue weighted by molar-refractivity contribution is -0.144. The summed E-state index contributed by atoms with van der Waals surface area (Å²) < 4.78 is 9.83. The normalized spacial score (nSPS) is 21.2. The molecule has 9 heteroatoms. The van der Waals surface area contributed by atoms with Crippen LogP contribution in [0.3, 0.4) is 0 Å². The van der Waals surface area contributed by atoms with Gasteiger partial charge in [0.05, 0.1) is 17.3 Å². The molecule has 8 nitrogen and oxygen atoms in total. The molecule has 1 aromatic rings. The molecular formula is C19H24ClN3O5. The number of nitrogens with one attached hydrogen (secondary N) is 1. The summed E-state index contributed by atoms with van der Waals surface area (Å²) in [5.41, 5.74) is 0.976. The first kappa shape index (κ1) is 20.4. The van der Waals surface area contributed by atoms with E-state index in [4.69, 9.17) is 21.1 Å². The van der Waals surface area contributed by atoms with E-state index in [-0.39, 0.29) is 25.5 Å². The minimum absolute atomic E-state index is 0.0160. The molecule has 3 rings (SSSR count). The number of para-hydroxylation sites is 1. The lowest BCUT2D eigenvalue weighted by atomic mass is 10.2. The zero-order chi connectivity index (χ0) is 20.1. The highest BCUT2D eigenvalue weighted by Gasteiger charge is 2.51. The van der Waals surface area contributed by atoms with Gasteiger partial charge in [0.1, 0.15) is 0 Å². The van der Waals surface area contributed by atoms with Gasteiger partial charge in [0.2, 0.25) is 5.91 Å². The van der Waals surface area contributed by atoms with Crippen LogP contribution in [0.4, 0.5) is 5.69 Å². The average Bonchev–Trinajstić information content (AvgIpc) is 3.50. The molecule has 0 saturated carbocycles. The number of halogens is 1. The summed E-state index contributed by atoms with van der Waals surface area (Å²) in [6.07, 6.45) is -1.43. The number of epoxide rings is 1. The number of nitrogens with zero attached hydrogens (tertiary/aromatic N) is 2. The molecular weight excluding hydrogens is 386 g/mol. The summed E-state index contributed by atoms with van der Waals surface area (Å²) in [5, 5.41) is 3.34. The maximum absolute atomic E-state index is 12.4. The van der Waals surface area contributed by atoms with Gasteiger partial charge in [-0.1, -0.05) is 23.7 Å². The van der Waals surface area contributed by atoms with Crippen molar-refractivity contribution in [3.05, 3.63) is 29.3 Å². The molecule has 2 amide bonds. The van der Waals surface area contributed by atoms with Gasteiger partial charge in [-0.2, -0.15) is 0 Å². The second kappa shape index (κ2) is 9.25. The lowest BCUT2D eigenvalue weighted by Gasteiger charge is -2.36. The first-order chi connectivity index (χ1) is 13.5. The average molecular weight is 410 g/mol. The molecule has 2 aliphatic heterocycles. The molecule has 2 heterocycles. The monoisotopic (exact) mass is 409 g/mol. The Morgan fingerprint density at radius 3 is 2.57 bits per heavy atom. The van der Waals surface area contributed by atoms with Gasteiger partial charge in [-0.15, -0.1) is 0 Å². The molecule has 2 aliphatic rings. The summed E-state index contributed by atoms with van der Waals surface area (Å²) in [4.78, 5) is 39.7. The Hall–Kier alpha value is -2.32. The van der Waals surface area contributed by atoms with Crippen LogP contribution in [0.2, 0.25) is 5.02 Å². The van der Waals surface area contributed by atoms with Crippen molar-refractivity contribution in [2.24, 2.45) is 0 Å². The molecule has 0 aromatic heterocycles. The number of hydrogen-bond acceptors (Lipinski definition) is 6. The molecule has 28 heavy (non-hydrogen) atoms. The quantitative estimate of drug-likeness (QED) is 0.529. The number of piperazine rings is 1. The van der Waals surface area contributed by atoms with Crippen molar-refractivity contribution in [3.8, 4) is 0 Å². The maximum atomic E-state index is 12.4. The summed E-state index contributed by atoms with van der Waals surface area (Å²) >= 11 is 6.23. The van der Waals surface area contributed by atoms with Gasteiger partial charge in [-0.3, -0.25) is 9.59 Å². The van der Waals surface area contributed by atoms with E-state index in [0.29, 0.717) is 31.2 Å². The van der Waals surface area contributed by atoms with Gasteiger partial charge in [0, 0.05) is 39.1 Å². The van der Waals surface area contributed by atoms with Crippen LogP contribution in [-0.2, 0) is 23.9 Å². The van der Waals surface area contributed by atoms with Crippen molar-refractivity contribution in [2.75, 3.05) is 44.2 Å². The van der Waals surface area contributed by atoms with Crippen molar-refractivity contribution in [1.29, 1.82) is 0 Å². The molecule has 1 aromatic carbocycles. The number of amides is 2. The van der Waals surface area contributed by atoms with Crippen molar-refractivity contribution < 1.29 is 23.9 Å². The molecule has 2 atom stereocenters. The van der Waals surface area contributed by atoms with Crippen LogP contribution in [0.1, 0.15) is 13.3 Å². The van der Waals surface area contributed by atoms with Crippen LogP contribution in [0.25, 0.3) is 0 Å². The maximum Gasteiger partial charge on any atom is 0.338 e. The largest absolute Gasteiger partial charge is 0.464 e. The minimum Gasteiger partial charge on any atom is -0.464 e. The fourth-order valence-electron chi connectivity index (χ4n) is 3.17. The summed E-state index contributed by atoms with van der Waals surface area (Å²) in [5.74, 6) is -0.942. The van der Waals surface area contributed by atoms with Crippen molar-refractivity contribution >= 4 is 35.1 Å². The molecule has 2 fully saturated rings. The molecule has 0 radical (unpaired) electrons. The number of hydrogen-bond donors (Lipinski definition) is 1. The Labute approximate surface area is 168 Å². The Morgan fingerprint density at radius 1 is 1.18 bits per heavy atom. The minimum atomic E-state index is -0.825. The molecule has 0 aliphatic carbocycles. The fourth-order valence-corrected chi connectivity index (χ4v) is 3.43. The fraction of sp³-hybridized carbons (Fsp3) is 0.526. The summed E-state index contributed by atoms with van der Waals surface area (Å²) in [7, 11) is 0. The van der Waals surface area contributed by atoms with Gasteiger partial charge in [-0.25, -0.2) is 4.79 Å². The van der Waals surface area contributed by atoms with Crippen molar-refractivity contribution in [3.63, 3.8) is 0 Å². The highest BCUT2D eigenvalue weighted by Crippen LogP contribution is 2.26. The van der Waals surface area contributed by atoms with Crippen molar-refractivity contribution in [2.45, 2.75) is 25.6 Å². The summed E-state index contributed by atoms with van der Waals surface area (Å²) in [6.45, 7) is 4.76. The zero-order valence-electron chi connectivity index (χ0n) is 15.7. The highest BCUT2D eigenvalue weighted by molar-refractivity contribution is 6.33. The third-order valence-corrected chi connectivity index (χ3v) is 5.05. The van der Waals surface area contributed by atoms with Crippen molar-refractivity contribution in [1.82, 2.24) is 10.2 Å². The van der Waals surface area contributed by atoms with Gasteiger partial charge in [-0.05, 0) is 19.1 Å². The van der Waals surface area contributed by atoms with Crippen LogP contribution in [0.15, 0.2) is 24.3 Å². The SMILES string of the molecule is CCOC(=O)[C@H]1O[C@@H]1C(=O)NCCC(=O)N1CCN(c2ccccc2Cl)CC1. The molecule has 152 valence electrons. The second-order valence-electron chi connectivity index (χ2n) is 6.59. The number of ether oxygens (including phenoxy) is 2. The summed E-state index contributed by atoms with van der Waals surface area (Å²) in [6, 6.07) is 7.66.